The molecule has 0 saturated carbocycles. The van der Waals surface area contributed by atoms with Gasteiger partial charge in [-0.1, -0.05) is 54.1 Å². The first-order chi connectivity index (χ1) is 11.2. The van der Waals surface area contributed by atoms with E-state index in [0.717, 1.165) is 22.5 Å². The predicted octanol–water partition coefficient (Wildman–Crippen LogP) is 4.16. The van der Waals surface area contributed by atoms with E-state index in [9.17, 15) is 4.79 Å². The van der Waals surface area contributed by atoms with Crippen LogP contribution in [-0.2, 0) is 4.79 Å². The van der Waals surface area contributed by atoms with E-state index in [2.05, 4.69) is 10.3 Å². The molecule has 3 aromatic rings. The van der Waals surface area contributed by atoms with Gasteiger partial charge in [-0.25, -0.2) is 0 Å². The van der Waals surface area contributed by atoms with Gasteiger partial charge in [0.2, 0.25) is 5.91 Å². The smallest absolute Gasteiger partial charge is 0.237 e. The molecule has 114 valence electrons. The number of anilines is 1. The Morgan fingerprint density at radius 2 is 1.61 bits per heavy atom. The Labute approximate surface area is 136 Å². The van der Waals surface area contributed by atoms with Crippen LogP contribution in [0.1, 0.15) is 22.7 Å². The first-order valence-electron chi connectivity index (χ1n) is 7.57. The number of carbonyl (C=O) groups is 1. The highest BCUT2D eigenvalue weighted by atomic mass is 16.1. The number of hydrogen-bond acceptors (Lipinski definition) is 2. The van der Waals surface area contributed by atoms with Crippen LogP contribution < -0.4 is 5.32 Å². The normalized spacial score (nSPS) is 11.7. The van der Waals surface area contributed by atoms with E-state index in [1.807, 2.05) is 79.7 Å². The molecular formula is C20H18N2O. The number of rotatable bonds is 4. The van der Waals surface area contributed by atoms with Gasteiger partial charge in [0.15, 0.2) is 0 Å². The van der Waals surface area contributed by atoms with Crippen LogP contribution in [0.2, 0.25) is 0 Å². The second-order valence-corrected chi connectivity index (χ2v) is 5.45. The Balaban J connectivity index is 1.92. The lowest BCUT2D eigenvalue weighted by atomic mass is 9.94. The third-order valence-corrected chi connectivity index (χ3v) is 3.70. The second kappa shape index (κ2) is 6.88. The van der Waals surface area contributed by atoms with Crippen molar-refractivity contribution >= 4 is 11.6 Å². The number of hydrogen-bond donors (Lipinski definition) is 1. The first-order valence-corrected chi connectivity index (χ1v) is 7.57. The summed E-state index contributed by atoms with van der Waals surface area (Å²) in [6.07, 6.45) is 1.71. The molecule has 0 aliphatic rings. The van der Waals surface area contributed by atoms with E-state index >= 15 is 0 Å². The number of aryl methyl sites for hydroxylation is 1. The van der Waals surface area contributed by atoms with Gasteiger partial charge in [0.1, 0.15) is 5.92 Å². The van der Waals surface area contributed by atoms with Crippen molar-refractivity contribution in [1.82, 2.24) is 4.98 Å². The summed E-state index contributed by atoms with van der Waals surface area (Å²) in [6.45, 7) is 2.02. The molecule has 3 heteroatoms. The Morgan fingerprint density at radius 3 is 2.26 bits per heavy atom. The molecule has 1 heterocycles. The average Bonchev–Trinajstić information content (AvgIpc) is 2.59. The standard InChI is InChI=1S/C20H18N2O/c1-15-10-12-17(13-11-15)22-20(23)19(16-7-3-2-4-8-16)18-9-5-6-14-21-18/h2-14,19H,1H3,(H,22,23). The monoisotopic (exact) mass is 302 g/mol. The molecule has 0 saturated heterocycles. The largest absolute Gasteiger partial charge is 0.325 e. The molecule has 1 aromatic heterocycles. The zero-order valence-corrected chi connectivity index (χ0v) is 12.9. The number of amides is 1. The molecule has 3 rings (SSSR count). The van der Waals surface area contributed by atoms with Gasteiger partial charge in [0, 0.05) is 11.9 Å². The zero-order valence-electron chi connectivity index (χ0n) is 12.9. The maximum absolute atomic E-state index is 12.8. The highest BCUT2D eigenvalue weighted by molar-refractivity contribution is 5.97. The lowest BCUT2D eigenvalue weighted by molar-refractivity contribution is -0.116. The molecule has 1 N–H and O–H groups in total. The minimum Gasteiger partial charge on any atom is -0.325 e. The van der Waals surface area contributed by atoms with Gasteiger partial charge in [0.25, 0.3) is 0 Å². The molecule has 0 aliphatic heterocycles. The van der Waals surface area contributed by atoms with Crippen LogP contribution in [0, 0.1) is 6.92 Å². The highest BCUT2D eigenvalue weighted by Gasteiger charge is 2.23. The van der Waals surface area contributed by atoms with Crippen LogP contribution in [0.5, 0.6) is 0 Å². The van der Waals surface area contributed by atoms with Crippen molar-refractivity contribution in [3.05, 3.63) is 95.8 Å². The zero-order chi connectivity index (χ0) is 16.1. The topological polar surface area (TPSA) is 42.0 Å². The summed E-state index contributed by atoms with van der Waals surface area (Å²) in [4.78, 5) is 17.2. The molecule has 3 nitrogen and oxygen atoms in total. The number of benzene rings is 2. The van der Waals surface area contributed by atoms with E-state index in [4.69, 9.17) is 0 Å². The summed E-state index contributed by atoms with van der Waals surface area (Å²) in [6, 6.07) is 23.1. The minimum absolute atomic E-state index is 0.0845. The predicted molar refractivity (Wildman–Crippen MR) is 92.3 cm³/mol. The summed E-state index contributed by atoms with van der Waals surface area (Å²) >= 11 is 0. The number of aromatic nitrogens is 1. The molecule has 1 atom stereocenters. The summed E-state index contributed by atoms with van der Waals surface area (Å²) in [7, 11) is 0. The van der Waals surface area contributed by atoms with E-state index in [1.54, 1.807) is 6.20 Å². The Kier molecular flexibility index (Phi) is 4.48. The molecule has 0 fully saturated rings. The van der Waals surface area contributed by atoms with E-state index in [1.165, 1.54) is 0 Å². The van der Waals surface area contributed by atoms with Crippen molar-refractivity contribution in [2.45, 2.75) is 12.8 Å². The summed E-state index contributed by atoms with van der Waals surface area (Å²) < 4.78 is 0. The Bertz CT molecular complexity index is 728. The van der Waals surface area contributed by atoms with Gasteiger partial charge in [-0.2, -0.15) is 0 Å². The molecule has 2 aromatic carbocycles. The number of pyridine rings is 1. The fourth-order valence-corrected chi connectivity index (χ4v) is 2.50. The number of nitrogens with one attached hydrogen (secondary N) is 1. The van der Waals surface area contributed by atoms with Gasteiger partial charge in [0.05, 0.1) is 5.69 Å². The minimum atomic E-state index is -0.432. The third-order valence-electron chi connectivity index (χ3n) is 3.70. The quantitative estimate of drug-likeness (QED) is 0.786. The molecule has 23 heavy (non-hydrogen) atoms. The first kappa shape index (κ1) is 15.0. The Morgan fingerprint density at radius 1 is 0.913 bits per heavy atom. The maximum atomic E-state index is 12.8. The van der Waals surface area contributed by atoms with Crippen LogP contribution in [-0.4, -0.2) is 10.9 Å². The van der Waals surface area contributed by atoms with Crippen molar-refractivity contribution in [1.29, 1.82) is 0 Å². The maximum Gasteiger partial charge on any atom is 0.237 e. The van der Waals surface area contributed by atoms with Gasteiger partial charge >= 0.3 is 0 Å². The molecule has 1 unspecified atom stereocenters. The van der Waals surface area contributed by atoms with Gasteiger partial charge in [-0.15, -0.1) is 0 Å². The van der Waals surface area contributed by atoms with Crippen molar-refractivity contribution in [3.63, 3.8) is 0 Å². The number of carbonyl (C=O) groups excluding carboxylic acids is 1. The lowest BCUT2D eigenvalue weighted by Gasteiger charge is -2.17. The molecule has 0 bridgehead atoms. The van der Waals surface area contributed by atoms with Crippen LogP contribution in [0.4, 0.5) is 5.69 Å². The molecular weight excluding hydrogens is 284 g/mol. The molecule has 0 radical (unpaired) electrons. The van der Waals surface area contributed by atoms with Gasteiger partial charge in [-0.05, 0) is 36.8 Å². The summed E-state index contributed by atoms with van der Waals surface area (Å²) in [5, 5.41) is 2.99. The summed E-state index contributed by atoms with van der Waals surface area (Å²) in [5.41, 5.74) is 3.61. The fraction of sp³-hybridized carbons (Fsp3) is 0.100. The van der Waals surface area contributed by atoms with Crippen LogP contribution in [0.25, 0.3) is 0 Å². The second-order valence-electron chi connectivity index (χ2n) is 5.45. The van der Waals surface area contributed by atoms with E-state index in [-0.39, 0.29) is 5.91 Å². The van der Waals surface area contributed by atoms with E-state index < -0.39 is 5.92 Å². The molecule has 0 aliphatic carbocycles. The SMILES string of the molecule is Cc1ccc(NC(=O)C(c2ccccc2)c2ccccn2)cc1. The number of nitrogens with zero attached hydrogens (tertiary/aromatic N) is 1. The van der Waals surface area contributed by atoms with Crippen molar-refractivity contribution in [2.24, 2.45) is 0 Å². The summed E-state index contributed by atoms with van der Waals surface area (Å²) in [5.74, 6) is -0.516. The molecule has 1 amide bonds. The lowest BCUT2D eigenvalue weighted by Crippen LogP contribution is -2.23. The third kappa shape index (κ3) is 3.64. The van der Waals surface area contributed by atoms with Crippen molar-refractivity contribution in [3.8, 4) is 0 Å². The van der Waals surface area contributed by atoms with E-state index in [0.29, 0.717) is 0 Å². The van der Waals surface area contributed by atoms with Crippen LogP contribution in [0.15, 0.2) is 79.0 Å². The fourth-order valence-electron chi connectivity index (χ4n) is 2.50. The Hall–Kier alpha value is -2.94. The van der Waals surface area contributed by atoms with Gasteiger partial charge < -0.3 is 5.32 Å². The van der Waals surface area contributed by atoms with Crippen LogP contribution in [0.3, 0.4) is 0 Å². The van der Waals surface area contributed by atoms with Crippen LogP contribution >= 0.6 is 0 Å². The molecule has 0 spiro atoms. The average molecular weight is 302 g/mol. The van der Waals surface area contributed by atoms with Crippen molar-refractivity contribution in [2.75, 3.05) is 5.32 Å². The van der Waals surface area contributed by atoms with Crippen molar-refractivity contribution < 1.29 is 4.79 Å². The highest BCUT2D eigenvalue weighted by Crippen LogP contribution is 2.24. The van der Waals surface area contributed by atoms with Gasteiger partial charge in [-0.3, -0.25) is 9.78 Å².